The summed E-state index contributed by atoms with van der Waals surface area (Å²) in [5, 5.41) is 54.0. The van der Waals surface area contributed by atoms with E-state index in [2.05, 4.69) is 55.6 Å². The second kappa shape index (κ2) is 44.1. The molecule has 1 fully saturated rings. The van der Waals surface area contributed by atoms with Crippen molar-refractivity contribution in [2.75, 3.05) is 19.8 Å². The highest BCUT2D eigenvalue weighted by atomic mass is 16.7. The molecule has 1 rings (SSSR count). The summed E-state index contributed by atoms with van der Waals surface area (Å²) < 4.78 is 16.6. The molecule has 1 amide bonds. The van der Waals surface area contributed by atoms with E-state index in [1.165, 1.54) is 96.3 Å². The molecule has 1 aliphatic rings. The van der Waals surface area contributed by atoms with E-state index >= 15 is 0 Å². The Kier molecular flexibility index (Phi) is 41.2. The normalized spacial score (nSPS) is 20.1. The highest BCUT2D eigenvalue weighted by molar-refractivity contribution is 5.76. The van der Waals surface area contributed by atoms with Gasteiger partial charge in [0.1, 0.15) is 24.4 Å². The Balaban J connectivity index is 2.14. The summed E-state index contributed by atoms with van der Waals surface area (Å²) >= 11 is 0. The first-order valence-electron chi connectivity index (χ1n) is 26.4. The molecule has 0 aromatic carbocycles. The lowest BCUT2D eigenvalue weighted by Gasteiger charge is -2.40. The van der Waals surface area contributed by atoms with Crippen molar-refractivity contribution >= 4 is 11.9 Å². The van der Waals surface area contributed by atoms with Crippen molar-refractivity contribution in [2.45, 2.75) is 262 Å². The predicted molar refractivity (Wildman–Crippen MR) is 264 cm³/mol. The first-order chi connectivity index (χ1) is 31.7. The van der Waals surface area contributed by atoms with Crippen LogP contribution in [0.5, 0.6) is 0 Å². The minimum atomic E-state index is -1.58. The first kappa shape index (κ1) is 60.6. The molecule has 0 aliphatic carbocycles. The maximum absolute atomic E-state index is 12.9. The third kappa shape index (κ3) is 34.6. The van der Waals surface area contributed by atoms with Crippen molar-refractivity contribution in [1.29, 1.82) is 0 Å². The zero-order valence-corrected chi connectivity index (χ0v) is 41.2. The molecule has 378 valence electrons. The van der Waals surface area contributed by atoms with Crippen molar-refractivity contribution in [3.8, 4) is 0 Å². The first-order valence-corrected chi connectivity index (χ1v) is 26.4. The van der Waals surface area contributed by atoms with Crippen LogP contribution < -0.4 is 5.32 Å². The predicted octanol–water partition coefficient (Wildman–Crippen LogP) is 10.9. The van der Waals surface area contributed by atoms with Crippen LogP contribution in [-0.4, -0.2) is 100 Å². The summed E-state index contributed by atoms with van der Waals surface area (Å²) in [6.45, 7) is 4.19. The number of aliphatic hydroxyl groups excluding tert-OH is 5. The fourth-order valence-electron chi connectivity index (χ4n) is 7.89. The number of allylic oxidation sites excluding steroid dienone is 7. The van der Waals surface area contributed by atoms with Gasteiger partial charge in [0.2, 0.25) is 5.91 Å². The molecule has 0 saturated carbocycles. The number of aliphatic hydroxyl groups is 5. The van der Waals surface area contributed by atoms with Crippen LogP contribution in [0.25, 0.3) is 0 Å². The lowest BCUT2D eigenvalue weighted by Crippen LogP contribution is -2.60. The third-order valence-electron chi connectivity index (χ3n) is 12.2. The molecule has 0 aromatic rings. The molecular weight excluding hydrogens is 823 g/mol. The fourth-order valence-corrected chi connectivity index (χ4v) is 7.89. The second-order valence-electron chi connectivity index (χ2n) is 18.2. The van der Waals surface area contributed by atoms with Crippen LogP contribution in [0, 0.1) is 0 Å². The van der Waals surface area contributed by atoms with Crippen LogP contribution in [0.4, 0.5) is 0 Å². The number of nitrogens with one attached hydrogen (secondary N) is 1. The van der Waals surface area contributed by atoms with E-state index in [1.54, 1.807) is 6.08 Å². The van der Waals surface area contributed by atoms with Gasteiger partial charge in [0.15, 0.2) is 6.29 Å². The molecule has 0 bridgehead atoms. The van der Waals surface area contributed by atoms with Crippen molar-refractivity contribution in [2.24, 2.45) is 0 Å². The lowest BCUT2D eigenvalue weighted by atomic mass is 9.99. The Morgan fingerprint density at radius 1 is 0.569 bits per heavy atom. The molecule has 0 spiro atoms. The Bertz CT molecular complexity index is 1220. The minimum absolute atomic E-state index is 0.0345. The van der Waals surface area contributed by atoms with E-state index in [1.807, 2.05) is 6.08 Å². The SMILES string of the molecule is CCCCC/C=C/CC/C=C/C(O)C(COC1OC(CO)C(O)C(O)C1O)NC(=O)CCCCCCCCC/C=C\C/C=C\CCCCCOC(=O)CCCCCCCCCCCCC. The van der Waals surface area contributed by atoms with E-state index in [9.17, 15) is 35.1 Å². The largest absolute Gasteiger partial charge is 0.466 e. The maximum Gasteiger partial charge on any atom is 0.305 e. The number of ether oxygens (including phenoxy) is 3. The smallest absolute Gasteiger partial charge is 0.305 e. The van der Waals surface area contributed by atoms with E-state index < -0.39 is 49.5 Å². The lowest BCUT2D eigenvalue weighted by molar-refractivity contribution is -0.302. The van der Waals surface area contributed by atoms with Gasteiger partial charge in [0, 0.05) is 12.8 Å². The summed E-state index contributed by atoms with van der Waals surface area (Å²) in [5.74, 6) is -0.247. The van der Waals surface area contributed by atoms with Crippen LogP contribution in [0.1, 0.15) is 219 Å². The molecule has 1 heterocycles. The van der Waals surface area contributed by atoms with Gasteiger partial charge in [-0.15, -0.1) is 0 Å². The summed E-state index contributed by atoms with van der Waals surface area (Å²) in [6, 6.07) is -0.838. The zero-order chi connectivity index (χ0) is 47.4. The number of hydrogen-bond acceptors (Lipinski definition) is 10. The van der Waals surface area contributed by atoms with Crippen LogP contribution in [-0.2, 0) is 23.8 Å². The molecule has 7 unspecified atom stereocenters. The number of unbranched alkanes of at least 4 members (excludes halogenated alkanes) is 24. The standard InChI is InChI=1S/C54H97NO10/c1-3-5-7-9-11-13-21-26-30-34-38-42-50(59)63-43-39-35-31-27-23-20-18-16-14-15-17-19-22-25-29-33-37-41-49(58)55-46(47(57)40-36-32-28-24-12-10-8-6-4-2)45-64-54-53(62)52(61)51(60)48(44-56)65-54/h12,14,16,20,23-24,36,40,46-48,51-54,56-57,60-62H,3-11,13,15,17-19,21-22,25-35,37-39,41-45H2,1-2H3,(H,55,58)/b16-14-,23-20-,24-12+,40-36+. The van der Waals surface area contributed by atoms with E-state index in [-0.39, 0.29) is 18.5 Å². The molecule has 1 aliphatic heterocycles. The van der Waals surface area contributed by atoms with E-state index in [0.29, 0.717) is 19.4 Å². The van der Waals surface area contributed by atoms with Gasteiger partial charge in [-0.2, -0.15) is 0 Å². The summed E-state index contributed by atoms with van der Waals surface area (Å²) in [4.78, 5) is 24.9. The van der Waals surface area contributed by atoms with Crippen molar-refractivity contribution in [3.63, 3.8) is 0 Å². The number of hydrogen-bond donors (Lipinski definition) is 6. The number of amides is 1. The van der Waals surface area contributed by atoms with Crippen molar-refractivity contribution < 1.29 is 49.3 Å². The average molecular weight is 920 g/mol. The molecule has 65 heavy (non-hydrogen) atoms. The quantitative estimate of drug-likeness (QED) is 0.0196. The fraction of sp³-hybridized carbons (Fsp3) is 0.815. The van der Waals surface area contributed by atoms with Gasteiger partial charge in [-0.25, -0.2) is 0 Å². The zero-order valence-electron chi connectivity index (χ0n) is 41.2. The highest BCUT2D eigenvalue weighted by Crippen LogP contribution is 2.23. The van der Waals surface area contributed by atoms with Crippen LogP contribution in [0.3, 0.4) is 0 Å². The maximum atomic E-state index is 12.9. The Hall–Kier alpha value is -2.38. The molecule has 0 radical (unpaired) electrons. The van der Waals surface area contributed by atoms with Gasteiger partial charge >= 0.3 is 5.97 Å². The van der Waals surface area contributed by atoms with Gasteiger partial charge in [-0.1, -0.05) is 172 Å². The number of carbonyl (C=O) groups is 2. The third-order valence-corrected chi connectivity index (χ3v) is 12.2. The van der Waals surface area contributed by atoms with Crippen molar-refractivity contribution in [3.05, 3.63) is 48.6 Å². The molecule has 11 nitrogen and oxygen atoms in total. The van der Waals surface area contributed by atoms with E-state index in [4.69, 9.17) is 14.2 Å². The topological polar surface area (TPSA) is 175 Å². The molecule has 6 N–H and O–H groups in total. The van der Waals surface area contributed by atoms with Gasteiger partial charge in [0.25, 0.3) is 0 Å². The Labute approximate surface area is 396 Å². The van der Waals surface area contributed by atoms with Gasteiger partial charge in [0.05, 0.1) is 32.0 Å². The van der Waals surface area contributed by atoms with Crippen LogP contribution in [0.15, 0.2) is 48.6 Å². The van der Waals surface area contributed by atoms with Crippen molar-refractivity contribution in [1.82, 2.24) is 5.32 Å². The average Bonchev–Trinajstić information content (AvgIpc) is 3.30. The van der Waals surface area contributed by atoms with Gasteiger partial charge in [-0.05, 0) is 83.5 Å². The minimum Gasteiger partial charge on any atom is -0.466 e. The molecule has 0 aromatic heterocycles. The molecule has 7 atom stereocenters. The summed E-state index contributed by atoms with van der Waals surface area (Å²) in [5.41, 5.74) is 0. The van der Waals surface area contributed by atoms with E-state index in [0.717, 1.165) is 96.3 Å². The second-order valence-corrected chi connectivity index (χ2v) is 18.2. The Morgan fingerprint density at radius 3 is 1.65 bits per heavy atom. The number of carbonyl (C=O) groups excluding carboxylic acids is 2. The number of rotatable bonds is 44. The summed E-state index contributed by atoms with van der Waals surface area (Å²) in [6.07, 6.45) is 43.5. The molecular formula is C54H97NO10. The molecule has 1 saturated heterocycles. The number of esters is 1. The Morgan fingerprint density at radius 2 is 1.05 bits per heavy atom. The summed E-state index contributed by atoms with van der Waals surface area (Å²) in [7, 11) is 0. The van der Waals surface area contributed by atoms with Gasteiger partial charge < -0.3 is 45.1 Å². The van der Waals surface area contributed by atoms with Crippen LogP contribution in [0.2, 0.25) is 0 Å². The van der Waals surface area contributed by atoms with Crippen LogP contribution >= 0.6 is 0 Å². The monoisotopic (exact) mass is 920 g/mol. The highest BCUT2D eigenvalue weighted by Gasteiger charge is 2.44. The molecule has 11 heteroatoms. The van der Waals surface area contributed by atoms with Gasteiger partial charge in [-0.3, -0.25) is 9.59 Å².